The van der Waals surface area contributed by atoms with Crippen LogP contribution in [0.4, 0.5) is 15.1 Å². The van der Waals surface area contributed by atoms with Gasteiger partial charge in [-0.3, -0.25) is 5.32 Å². The highest BCUT2D eigenvalue weighted by molar-refractivity contribution is 9.11. The highest BCUT2D eigenvalue weighted by atomic mass is 79.9. The number of nitrogen functional groups attached to an aromatic ring is 1. The quantitative estimate of drug-likeness (QED) is 0.513. The van der Waals surface area contributed by atoms with Gasteiger partial charge in [0.1, 0.15) is 5.60 Å². The first-order chi connectivity index (χ1) is 9.65. The van der Waals surface area contributed by atoms with E-state index in [4.69, 9.17) is 10.5 Å². The van der Waals surface area contributed by atoms with Gasteiger partial charge >= 0.3 is 6.09 Å². The summed E-state index contributed by atoms with van der Waals surface area (Å²) in [4.78, 5) is 19.0. The Morgan fingerprint density at radius 1 is 1.23 bits per heavy atom. The molecule has 0 aliphatic heterocycles. The average Bonchev–Trinajstić information content (AvgIpc) is 2.86. The molecule has 2 aromatic heterocycles. The molecule has 0 aliphatic rings. The SMILES string of the molecule is Br.CC(C)(C)OC(=O)Nc1ncc(Br)s1.Nc1ncc(Br)s1. The minimum Gasteiger partial charge on any atom is -0.444 e. The number of nitrogens with one attached hydrogen (secondary N) is 1. The number of carbonyl (C=O) groups is 1. The molecule has 124 valence electrons. The lowest BCUT2D eigenvalue weighted by Gasteiger charge is -2.18. The maximum Gasteiger partial charge on any atom is 0.413 e. The van der Waals surface area contributed by atoms with Gasteiger partial charge in [-0.1, -0.05) is 22.7 Å². The molecule has 0 fully saturated rings. The summed E-state index contributed by atoms with van der Waals surface area (Å²) < 4.78 is 6.89. The lowest BCUT2D eigenvalue weighted by Crippen LogP contribution is -2.27. The van der Waals surface area contributed by atoms with E-state index in [0.717, 1.165) is 7.57 Å². The lowest BCUT2D eigenvalue weighted by atomic mass is 10.2. The molecule has 0 aliphatic carbocycles. The van der Waals surface area contributed by atoms with Crippen LogP contribution in [0.15, 0.2) is 20.0 Å². The summed E-state index contributed by atoms with van der Waals surface area (Å²) in [5.41, 5.74) is 4.77. The zero-order valence-electron chi connectivity index (χ0n) is 11.9. The molecule has 0 unspecified atom stereocenters. The standard InChI is InChI=1S/C8H11BrN2O2S.C3H3BrN2S.BrH/c1-8(2,3)13-7(12)11-6-10-4-5(9)14-6;4-2-1-6-3(5)7-2;/h4H,1-3H3,(H,10,11,12);1H,(H2,5,6);1H. The molecular formula is C11H15Br3N4O2S2. The van der Waals surface area contributed by atoms with Gasteiger partial charge < -0.3 is 10.5 Å². The van der Waals surface area contributed by atoms with Crippen LogP contribution >= 0.6 is 71.5 Å². The summed E-state index contributed by atoms with van der Waals surface area (Å²) in [5.74, 6) is 0. The smallest absolute Gasteiger partial charge is 0.413 e. The van der Waals surface area contributed by atoms with E-state index in [1.807, 2.05) is 20.8 Å². The Labute approximate surface area is 163 Å². The molecule has 0 atom stereocenters. The number of hydrogen-bond acceptors (Lipinski definition) is 7. The van der Waals surface area contributed by atoms with Crippen LogP contribution in [0.3, 0.4) is 0 Å². The van der Waals surface area contributed by atoms with Crippen molar-refractivity contribution in [3.05, 3.63) is 20.0 Å². The van der Waals surface area contributed by atoms with Crippen molar-refractivity contribution in [3.63, 3.8) is 0 Å². The van der Waals surface area contributed by atoms with Crippen LogP contribution < -0.4 is 11.1 Å². The third kappa shape index (κ3) is 9.72. The maximum atomic E-state index is 11.3. The Morgan fingerprint density at radius 3 is 2.09 bits per heavy atom. The first kappa shape index (κ1) is 21.8. The van der Waals surface area contributed by atoms with Crippen LogP contribution in [0, 0.1) is 0 Å². The number of carbonyl (C=O) groups excluding carboxylic acids is 1. The second-order valence-electron chi connectivity index (χ2n) is 4.60. The van der Waals surface area contributed by atoms with Crippen LogP contribution in [0.1, 0.15) is 20.8 Å². The van der Waals surface area contributed by atoms with Gasteiger partial charge in [0.2, 0.25) is 0 Å². The summed E-state index contributed by atoms with van der Waals surface area (Å²) in [6.07, 6.45) is 2.82. The van der Waals surface area contributed by atoms with Gasteiger partial charge in [-0.2, -0.15) is 0 Å². The Balaban J connectivity index is 0.000000465. The molecule has 0 aromatic carbocycles. The maximum absolute atomic E-state index is 11.3. The number of hydrogen-bond donors (Lipinski definition) is 2. The zero-order chi connectivity index (χ0) is 16.0. The lowest BCUT2D eigenvalue weighted by molar-refractivity contribution is 0.0636. The van der Waals surface area contributed by atoms with Gasteiger partial charge in [0.25, 0.3) is 0 Å². The highest BCUT2D eigenvalue weighted by Gasteiger charge is 2.16. The van der Waals surface area contributed by atoms with E-state index < -0.39 is 11.7 Å². The van der Waals surface area contributed by atoms with E-state index in [0.29, 0.717) is 10.3 Å². The topological polar surface area (TPSA) is 90.1 Å². The van der Waals surface area contributed by atoms with Crippen molar-refractivity contribution >= 4 is 87.9 Å². The van der Waals surface area contributed by atoms with Gasteiger partial charge in [-0.05, 0) is 52.6 Å². The van der Waals surface area contributed by atoms with Crippen LogP contribution in [0.2, 0.25) is 0 Å². The first-order valence-electron chi connectivity index (χ1n) is 5.64. The van der Waals surface area contributed by atoms with Gasteiger partial charge in [0, 0.05) is 0 Å². The molecule has 3 N–H and O–H groups in total. The third-order valence-electron chi connectivity index (χ3n) is 1.58. The fraction of sp³-hybridized carbons (Fsp3) is 0.364. The van der Waals surface area contributed by atoms with E-state index in [2.05, 4.69) is 47.1 Å². The predicted octanol–water partition coefficient (Wildman–Crippen LogP) is 5.32. The van der Waals surface area contributed by atoms with Crippen molar-refractivity contribution in [3.8, 4) is 0 Å². The minimum absolute atomic E-state index is 0. The second kappa shape index (κ2) is 9.81. The van der Waals surface area contributed by atoms with Crippen LogP contribution in [-0.2, 0) is 4.74 Å². The molecule has 6 nitrogen and oxygen atoms in total. The largest absolute Gasteiger partial charge is 0.444 e. The van der Waals surface area contributed by atoms with Crippen molar-refractivity contribution in [2.45, 2.75) is 26.4 Å². The number of aromatic nitrogens is 2. The first-order valence-corrected chi connectivity index (χ1v) is 8.86. The molecule has 2 rings (SSSR count). The molecule has 0 saturated carbocycles. The molecule has 0 saturated heterocycles. The molecule has 0 bridgehead atoms. The number of thiazole rings is 2. The Bertz CT molecular complexity index is 582. The van der Waals surface area contributed by atoms with E-state index in [-0.39, 0.29) is 17.0 Å². The van der Waals surface area contributed by atoms with Gasteiger partial charge in [-0.15, -0.1) is 17.0 Å². The van der Waals surface area contributed by atoms with E-state index in [1.165, 1.54) is 22.7 Å². The van der Waals surface area contributed by atoms with E-state index in [9.17, 15) is 4.79 Å². The molecular weight excluding hydrogens is 524 g/mol. The van der Waals surface area contributed by atoms with Crippen molar-refractivity contribution in [1.82, 2.24) is 9.97 Å². The highest BCUT2D eigenvalue weighted by Crippen LogP contribution is 2.23. The Kier molecular flexibility index (Phi) is 9.71. The number of anilines is 2. The summed E-state index contributed by atoms with van der Waals surface area (Å²) in [7, 11) is 0. The second-order valence-corrected chi connectivity index (χ2v) is 9.45. The normalized spacial score (nSPS) is 10.0. The van der Waals surface area contributed by atoms with Crippen LogP contribution in [0.5, 0.6) is 0 Å². The average molecular weight is 539 g/mol. The van der Waals surface area contributed by atoms with Crippen LogP contribution in [0.25, 0.3) is 0 Å². The van der Waals surface area contributed by atoms with Crippen LogP contribution in [-0.4, -0.2) is 21.7 Å². The predicted molar refractivity (Wildman–Crippen MR) is 104 cm³/mol. The third-order valence-corrected chi connectivity index (χ3v) is 4.28. The molecule has 22 heavy (non-hydrogen) atoms. The number of amides is 1. The monoisotopic (exact) mass is 536 g/mol. The van der Waals surface area contributed by atoms with Crippen molar-refractivity contribution in [2.75, 3.05) is 11.1 Å². The number of nitrogens with zero attached hydrogens (tertiary/aromatic N) is 2. The Hall–Kier alpha value is -0.230. The van der Waals surface area contributed by atoms with E-state index >= 15 is 0 Å². The van der Waals surface area contributed by atoms with Crippen molar-refractivity contribution in [2.24, 2.45) is 0 Å². The van der Waals surface area contributed by atoms with Crippen molar-refractivity contribution in [1.29, 1.82) is 0 Å². The molecule has 2 aromatic rings. The minimum atomic E-state index is -0.488. The molecule has 2 heterocycles. The fourth-order valence-corrected chi connectivity index (χ4v) is 3.07. The summed E-state index contributed by atoms with van der Waals surface area (Å²) in [6, 6.07) is 0. The fourth-order valence-electron chi connectivity index (χ4n) is 0.970. The number of rotatable bonds is 1. The summed E-state index contributed by atoms with van der Waals surface area (Å²) >= 11 is 9.22. The van der Waals surface area contributed by atoms with Gasteiger partial charge in [0.15, 0.2) is 10.3 Å². The van der Waals surface area contributed by atoms with E-state index in [1.54, 1.807) is 12.4 Å². The molecule has 0 spiro atoms. The van der Waals surface area contributed by atoms with Crippen molar-refractivity contribution < 1.29 is 9.53 Å². The molecule has 1 amide bonds. The van der Waals surface area contributed by atoms with Gasteiger partial charge in [0.05, 0.1) is 20.0 Å². The number of nitrogens with two attached hydrogens (primary N) is 1. The number of ether oxygens (including phenoxy) is 1. The summed E-state index contributed by atoms with van der Waals surface area (Å²) in [6.45, 7) is 5.43. The van der Waals surface area contributed by atoms with Gasteiger partial charge in [-0.25, -0.2) is 14.8 Å². The zero-order valence-corrected chi connectivity index (χ0v) is 18.4. The number of halogens is 3. The summed E-state index contributed by atoms with van der Waals surface area (Å²) in [5, 5.41) is 3.66. The molecule has 11 heteroatoms. The molecule has 0 radical (unpaired) electrons. The Morgan fingerprint density at radius 2 is 1.77 bits per heavy atom.